The fraction of sp³-hybridized carbons (Fsp3) is 0.130. The van der Waals surface area contributed by atoms with Crippen LogP contribution < -0.4 is 0 Å². The molecule has 50 heavy (non-hydrogen) atoms. The molecule has 0 radical (unpaired) electrons. The highest BCUT2D eigenvalue weighted by atomic mass is 32.1. The fourth-order valence-electron chi connectivity index (χ4n) is 11.3. The number of fused-ring (bicyclic) bond motifs is 6. The Labute approximate surface area is 309 Å². The predicted molar refractivity (Wildman–Crippen MR) is 231 cm³/mol. The van der Waals surface area contributed by atoms with Crippen LogP contribution in [0, 0.1) is 0 Å². The molecule has 0 spiro atoms. The molecule has 3 aliphatic rings. The molecular formula is C46H28S4. The smallest absolute Gasteiger partial charge is 0.0212 e. The minimum Gasteiger partial charge on any atom is -0.175 e. The summed E-state index contributed by atoms with van der Waals surface area (Å²) in [5.41, 5.74) is 11.0. The lowest BCUT2D eigenvalue weighted by atomic mass is 9.60. The molecule has 0 saturated carbocycles. The van der Waals surface area contributed by atoms with Gasteiger partial charge in [0, 0.05) is 34.8 Å². The van der Waals surface area contributed by atoms with Crippen LogP contribution in [0.2, 0.25) is 0 Å². The van der Waals surface area contributed by atoms with Crippen molar-refractivity contribution < 1.29 is 0 Å². The third-order valence-electron chi connectivity index (χ3n) is 12.8. The number of thiol groups is 4. The van der Waals surface area contributed by atoms with Gasteiger partial charge in [-0.2, -0.15) is 50.5 Å². The zero-order valence-corrected chi connectivity index (χ0v) is 30.4. The first-order valence-electron chi connectivity index (χ1n) is 17.5. The summed E-state index contributed by atoms with van der Waals surface area (Å²) in [4.78, 5) is 0. The molecule has 13 rings (SSSR count). The lowest BCUT2D eigenvalue weighted by Gasteiger charge is -2.42. The zero-order valence-electron chi connectivity index (χ0n) is 26.9. The number of hydrogen-bond acceptors (Lipinski definition) is 4. The minimum absolute atomic E-state index is 0.244. The van der Waals surface area contributed by atoms with Gasteiger partial charge in [0.1, 0.15) is 0 Å². The first kappa shape index (κ1) is 27.9. The Bertz CT molecular complexity index is 3310. The third-order valence-corrected chi connectivity index (χ3v) is 14.3. The molecule has 4 heteroatoms. The van der Waals surface area contributed by atoms with Crippen molar-refractivity contribution in [2.75, 3.05) is 5.75 Å². The highest BCUT2D eigenvalue weighted by Crippen LogP contribution is 2.65. The van der Waals surface area contributed by atoms with E-state index in [1.54, 1.807) is 5.56 Å². The van der Waals surface area contributed by atoms with Crippen LogP contribution in [-0.2, 0) is 17.3 Å². The van der Waals surface area contributed by atoms with E-state index in [2.05, 4.69) is 84.9 Å². The highest BCUT2D eigenvalue weighted by molar-refractivity contribution is 7.80. The topological polar surface area (TPSA) is 0 Å². The summed E-state index contributed by atoms with van der Waals surface area (Å²) in [6, 6.07) is 28.8. The predicted octanol–water partition coefficient (Wildman–Crippen LogP) is 13.1. The van der Waals surface area contributed by atoms with Gasteiger partial charge in [0.05, 0.1) is 0 Å². The second-order valence-corrected chi connectivity index (χ2v) is 16.2. The minimum atomic E-state index is 0.244. The number of rotatable bonds is 4. The van der Waals surface area contributed by atoms with E-state index in [0.29, 0.717) is 17.3 Å². The summed E-state index contributed by atoms with van der Waals surface area (Å²) in [5.74, 6) is 3.32. The first-order valence-corrected chi connectivity index (χ1v) is 20.1. The molecule has 0 fully saturated rings. The maximum absolute atomic E-state index is 4.88. The van der Waals surface area contributed by atoms with Gasteiger partial charge in [-0.15, -0.1) is 0 Å². The van der Waals surface area contributed by atoms with Crippen molar-refractivity contribution in [1.82, 2.24) is 0 Å². The van der Waals surface area contributed by atoms with Gasteiger partial charge in [0.2, 0.25) is 0 Å². The van der Waals surface area contributed by atoms with E-state index >= 15 is 0 Å². The second-order valence-electron chi connectivity index (χ2n) is 15.0. The molecule has 10 aromatic carbocycles. The average molecular weight is 709 g/mol. The third kappa shape index (κ3) is 2.92. The van der Waals surface area contributed by atoms with Crippen molar-refractivity contribution in [1.29, 1.82) is 0 Å². The van der Waals surface area contributed by atoms with Gasteiger partial charge >= 0.3 is 0 Å². The molecule has 236 valence electrons. The molecule has 10 aromatic rings. The van der Waals surface area contributed by atoms with Crippen molar-refractivity contribution >= 4 is 153 Å². The van der Waals surface area contributed by atoms with Crippen molar-refractivity contribution in [2.45, 2.75) is 29.1 Å². The van der Waals surface area contributed by atoms with Crippen molar-refractivity contribution in [3.63, 3.8) is 0 Å². The van der Waals surface area contributed by atoms with Crippen LogP contribution in [0.1, 0.15) is 45.2 Å². The first-order chi connectivity index (χ1) is 24.6. The van der Waals surface area contributed by atoms with Gasteiger partial charge in [0.15, 0.2) is 0 Å². The van der Waals surface area contributed by atoms with E-state index in [4.69, 9.17) is 50.5 Å². The maximum Gasteiger partial charge on any atom is 0.0212 e. The Kier molecular flexibility index (Phi) is 5.10. The van der Waals surface area contributed by atoms with Crippen LogP contribution in [0.3, 0.4) is 0 Å². The highest BCUT2D eigenvalue weighted by Gasteiger charge is 2.43. The summed E-state index contributed by atoms with van der Waals surface area (Å²) in [5, 5.41) is 25.3. The summed E-state index contributed by atoms with van der Waals surface area (Å²) in [6.45, 7) is 0. The van der Waals surface area contributed by atoms with Crippen molar-refractivity contribution in [3.8, 4) is 0 Å². The van der Waals surface area contributed by atoms with Gasteiger partial charge in [-0.05, 0) is 178 Å². The molecule has 0 amide bonds. The van der Waals surface area contributed by atoms with Crippen molar-refractivity contribution in [2.24, 2.45) is 0 Å². The molecule has 3 aliphatic carbocycles. The Morgan fingerprint density at radius 2 is 0.920 bits per heavy atom. The molecule has 0 aliphatic heterocycles. The van der Waals surface area contributed by atoms with Crippen LogP contribution in [-0.4, -0.2) is 5.75 Å². The average Bonchev–Trinajstić information content (AvgIpc) is 3.17. The van der Waals surface area contributed by atoms with E-state index in [9.17, 15) is 0 Å². The van der Waals surface area contributed by atoms with Gasteiger partial charge < -0.3 is 0 Å². The van der Waals surface area contributed by atoms with Gasteiger partial charge in [-0.3, -0.25) is 0 Å². The number of allylic oxidation sites excluding steroid dienone is 3. The Morgan fingerprint density at radius 1 is 0.440 bits per heavy atom. The molecule has 0 saturated heterocycles. The van der Waals surface area contributed by atoms with Crippen LogP contribution in [0.5, 0.6) is 0 Å². The normalized spacial score (nSPS) is 18.2. The summed E-state index contributed by atoms with van der Waals surface area (Å²) in [7, 11) is 0. The number of hydrogen-bond donors (Lipinski definition) is 4. The number of benzene rings is 10. The lowest BCUT2D eigenvalue weighted by molar-refractivity contribution is 0.748. The van der Waals surface area contributed by atoms with E-state index in [1.807, 2.05) is 0 Å². The monoisotopic (exact) mass is 708 g/mol. The van der Waals surface area contributed by atoms with Gasteiger partial charge in [0.25, 0.3) is 0 Å². The van der Waals surface area contributed by atoms with Crippen LogP contribution in [0.15, 0.2) is 90.5 Å². The molecule has 0 bridgehead atoms. The molecule has 2 atom stereocenters. The maximum atomic E-state index is 4.88. The quantitative estimate of drug-likeness (QED) is 0.0781. The van der Waals surface area contributed by atoms with E-state index in [1.165, 1.54) is 136 Å². The molecule has 0 N–H and O–H groups in total. The zero-order chi connectivity index (χ0) is 32.9. The van der Waals surface area contributed by atoms with Gasteiger partial charge in [-0.25, -0.2) is 0 Å². The molecule has 0 heterocycles. The largest absolute Gasteiger partial charge is 0.175 e. The standard InChI is InChI=1S/C46H28S4/c47-15-19-7-27-23-3-1-4-24-28-8-20(16-48)12-32-34-14-22(18-50)10-30-26-6-2-5-25-29-9-21(17-49)13-33-31(11-19)37(27)43-41(35(23)24)44(38(28)32)46(40(30)34)42(36(25)26)45(43)39(29)33/h1-14,27,37,47-50H,15-18H2. The van der Waals surface area contributed by atoms with Gasteiger partial charge in [-0.1, -0.05) is 48.6 Å². The van der Waals surface area contributed by atoms with Crippen LogP contribution in [0.25, 0.3) is 103 Å². The Hall–Kier alpha value is -3.80. The van der Waals surface area contributed by atoms with E-state index in [0.717, 1.165) is 5.75 Å². The van der Waals surface area contributed by atoms with Crippen LogP contribution in [0.4, 0.5) is 0 Å². The fourth-order valence-corrected chi connectivity index (χ4v) is 12.0. The summed E-state index contributed by atoms with van der Waals surface area (Å²) in [6.07, 6.45) is 5.03. The van der Waals surface area contributed by atoms with E-state index in [-0.39, 0.29) is 11.8 Å². The van der Waals surface area contributed by atoms with Crippen molar-refractivity contribution in [3.05, 3.63) is 124 Å². The van der Waals surface area contributed by atoms with Crippen LogP contribution >= 0.6 is 50.5 Å². The van der Waals surface area contributed by atoms with E-state index < -0.39 is 0 Å². The molecule has 2 unspecified atom stereocenters. The summed E-state index contributed by atoms with van der Waals surface area (Å²) < 4.78 is 0. The molecule has 0 nitrogen and oxygen atoms in total. The summed E-state index contributed by atoms with van der Waals surface area (Å²) >= 11 is 19.5. The Balaban J connectivity index is 1.49. The molecule has 0 aromatic heterocycles. The Morgan fingerprint density at radius 3 is 1.52 bits per heavy atom. The lowest BCUT2D eigenvalue weighted by Crippen LogP contribution is -2.23. The SMILES string of the molecule is SCC1=CC2c3cccc4c5cc(CS)cc6c7cc(CS)cc8c9cccc%10c%11cc(CS)cc%12c%11c%11c(c(c34)c(c56)c(c87)c%11c%109)C2C%12=C1. The molecular weight excluding hydrogens is 681 g/mol. The second kappa shape index (κ2) is 9.16.